The minimum atomic E-state index is -0.0740. The first kappa shape index (κ1) is 22.4. The lowest BCUT2D eigenvalue weighted by atomic mass is 10.1. The highest BCUT2D eigenvalue weighted by Crippen LogP contribution is 2.36. The Bertz CT molecular complexity index is 1130. The summed E-state index contributed by atoms with van der Waals surface area (Å²) in [6.07, 6.45) is 1.69. The van der Waals surface area contributed by atoms with E-state index < -0.39 is 0 Å². The molecule has 2 aromatic carbocycles. The summed E-state index contributed by atoms with van der Waals surface area (Å²) >= 11 is 0. The highest BCUT2D eigenvalue weighted by molar-refractivity contribution is 5.95. The summed E-state index contributed by atoms with van der Waals surface area (Å²) in [4.78, 5) is 17.1. The molecule has 172 valence electrons. The van der Waals surface area contributed by atoms with Crippen molar-refractivity contribution in [2.24, 2.45) is 0 Å². The van der Waals surface area contributed by atoms with Crippen molar-refractivity contribution >= 4 is 11.6 Å². The number of amides is 1. The molecule has 0 spiro atoms. The summed E-state index contributed by atoms with van der Waals surface area (Å²) in [6, 6.07) is 15.0. The Kier molecular flexibility index (Phi) is 6.95. The molecular formula is C25H27N3O5. The fourth-order valence-electron chi connectivity index (χ4n) is 3.61. The van der Waals surface area contributed by atoms with E-state index in [-0.39, 0.29) is 19.2 Å². The molecule has 0 saturated heterocycles. The van der Waals surface area contributed by atoms with Crippen LogP contribution in [0, 0.1) is 6.92 Å². The van der Waals surface area contributed by atoms with Gasteiger partial charge in [-0.2, -0.15) is 0 Å². The second-order valence-electron chi connectivity index (χ2n) is 7.83. The van der Waals surface area contributed by atoms with Crippen LogP contribution in [0.25, 0.3) is 0 Å². The summed E-state index contributed by atoms with van der Waals surface area (Å²) in [5.41, 5.74) is 2.38. The van der Waals surface area contributed by atoms with Crippen LogP contribution in [0.2, 0.25) is 0 Å². The third kappa shape index (κ3) is 5.53. The number of hydrogen-bond donors (Lipinski definition) is 0. The Morgan fingerprint density at radius 1 is 1.15 bits per heavy atom. The molecule has 0 saturated carbocycles. The summed E-state index contributed by atoms with van der Waals surface area (Å²) < 4.78 is 21.9. The predicted molar refractivity (Wildman–Crippen MR) is 123 cm³/mol. The van der Waals surface area contributed by atoms with E-state index in [1.54, 1.807) is 11.0 Å². The molecule has 0 radical (unpaired) electrons. The normalized spacial score (nSPS) is 12.1. The van der Waals surface area contributed by atoms with Crippen LogP contribution in [0.4, 0.5) is 5.69 Å². The molecule has 0 atom stereocenters. The number of aryl methyl sites for hydroxylation is 1. The maximum atomic E-state index is 13.5. The standard InChI is InChI=1S/C25H27N3O5/c1-4-11-30-22-8-6-5-7-19(22)14-28(21-9-10-23-24(13-21)32-17-31-23)25(29)16-27(3)15-20-12-18(2)33-26-20/h4-10,12-13H,1,11,14-17H2,2-3H3. The van der Waals surface area contributed by atoms with E-state index in [0.29, 0.717) is 42.6 Å². The number of para-hydroxylation sites is 1. The minimum absolute atomic E-state index is 0.0740. The van der Waals surface area contributed by atoms with Crippen molar-refractivity contribution in [1.29, 1.82) is 0 Å². The first-order chi connectivity index (χ1) is 16.0. The average Bonchev–Trinajstić information content (AvgIpc) is 3.44. The number of carbonyl (C=O) groups is 1. The van der Waals surface area contributed by atoms with E-state index in [1.165, 1.54) is 0 Å². The Hall–Kier alpha value is -3.78. The lowest BCUT2D eigenvalue weighted by Crippen LogP contribution is -2.38. The molecule has 8 heteroatoms. The summed E-state index contributed by atoms with van der Waals surface area (Å²) in [5.74, 6) is 2.66. The molecule has 1 aromatic heterocycles. The van der Waals surface area contributed by atoms with Gasteiger partial charge in [-0.15, -0.1) is 0 Å². The van der Waals surface area contributed by atoms with Crippen molar-refractivity contribution < 1.29 is 23.5 Å². The van der Waals surface area contributed by atoms with E-state index in [9.17, 15) is 4.79 Å². The molecule has 0 N–H and O–H groups in total. The number of ether oxygens (including phenoxy) is 3. The van der Waals surface area contributed by atoms with Crippen LogP contribution in [0.3, 0.4) is 0 Å². The second kappa shape index (κ2) is 10.2. The first-order valence-electron chi connectivity index (χ1n) is 10.7. The summed E-state index contributed by atoms with van der Waals surface area (Å²) in [5, 5.41) is 4.02. The quantitative estimate of drug-likeness (QED) is 0.434. The number of anilines is 1. The van der Waals surface area contributed by atoms with Crippen molar-refractivity contribution in [2.45, 2.75) is 20.0 Å². The van der Waals surface area contributed by atoms with E-state index in [2.05, 4.69) is 11.7 Å². The Balaban J connectivity index is 1.57. The van der Waals surface area contributed by atoms with Gasteiger partial charge in [0.1, 0.15) is 18.1 Å². The Morgan fingerprint density at radius 3 is 2.76 bits per heavy atom. The second-order valence-corrected chi connectivity index (χ2v) is 7.83. The van der Waals surface area contributed by atoms with Gasteiger partial charge < -0.3 is 23.6 Å². The van der Waals surface area contributed by atoms with E-state index in [0.717, 1.165) is 17.0 Å². The van der Waals surface area contributed by atoms with E-state index in [4.69, 9.17) is 18.7 Å². The number of carbonyl (C=O) groups excluding carboxylic acids is 1. The van der Waals surface area contributed by atoms with Crippen molar-refractivity contribution in [3.63, 3.8) is 0 Å². The molecule has 2 heterocycles. The zero-order chi connectivity index (χ0) is 23.2. The van der Waals surface area contributed by atoms with Gasteiger partial charge in [-0.1, -0.05) is 36.0 Å². The summed E-state index contributed by atoms with van der Waals surface area (Å²) in [6.45, 7) is 7.13. The predicted octanol–water partition coefficient (Wildman–Crippen LogP) is 3.94. The van der Waals surface area contributed by atoms with Crippen LogP contribution < -0.4 is 19.1 Å². The molecule has 3 aromatic rings. The van der Waals surface area contributed by atoms with Crippen molar-refractivity contribution in [2.75, 3.05) is 31.9 Å². The summed E-state index contributed by atoms with van der Waals surface area (Å²) in [7, 11) is 1.88. The van der Waals surface area contributed by atoms with Gasteiger partial charge in [0.05, 0.1) is 18.8 Å². The van der Waals surface area contributed by atoms with E-state index in [1.807, 2.05) is 67.4 Å². The minimum Gasteiger partial charge on any atom is -0.489 e. The smallest absolute Gasteiger partial charge is 0.241 e. The average molecular weight is 450 g/mol. The Labute approximate surface area is 192 Å². The van der Waals surface area contributed by atoms with E-state index >= 15 is 0 Å². The van der Waals surface area contributed by atoms with Crippen LogP contribution in [-0.4, -0.2) is 43.0 Å². The first-order valence-corrected chi connectivity index (χ1v) is 10.7. The maximum Gasteiger partial charge on any atom is 0.241 e. The largest absolute Gasteiger partial charge is 0.489 e. The van der Waals surface area contributed by atoms with Gasteiger partial charge in [0.2, 0.25) is 12.7 Å². The third-order valence-electron chi connectivity index (χ3n) is 5.14. The fraction of sp³-hybridized carbons (Fsp3) is 0.280. The van der Waals surface area contributed by atoms with Crippen LogP contribution in [0.1, 0.15) is 17.0 Å². The monoisotopic (exact) mass is 449 g/mol. The number of fused-ring (bicyclic) bond motifs is 1. The number of hydrogen-bond acceptors (Lipinski definition) is 7. The zero-order valence-electron chi connectivity index (χ0n) is 18.8. The zero-order valence-corrected chi connectivity index (χ0v) is 18.8. The highest BCUT2D eigenvalue weighted by Gasteiger charge is 2.23. The number of aromatic nitrogens is 1. The molecule has 1 amide bonds. The molecule has 0 aliphatic carbocycles. The number of nitrogens with zero attached hydrogens (tertiary/aromatic N) is 3. The maximum absolute atomic E-state index is 13.5. The van der Waals surface area contributed by atoms with Crippen LogP contribution in [-0.2, 0) is 17.9 Å². The molecule has 1 aliphatic heterocycles. The number of rotatable bonds is 10. The van der Waals surface area contributed by atoms with Gasteiger partial charge >= 0.3 is 0 Å². The molecule has 0 unspecified atom stereocenters. The molecule has 33 heavy (non-hydrogen) atoms. The molecule has 8 nitrogen and oxygen atoms in total. The Morgan fingerprint density at radius 2 is 1.97 bits per heavy atom. The molecular weight excluding hydrogens is 422 g/mol. The number of benzene rings is 2. The lowest BCUT2D eigenvalue weighted by molar-refractivity contribution is -0.119. The van der Waals surface area contributed by atoms with Crippen molar-refractivity contribution in [3.05, 3.63) is 78.2 Å². The fourth-order valence-corrected chi connectivity index (χ4v) is 3.61. The van der Waals surface area contributed by atoms with Gasteiger partial charge in [-0.25, -0.2) is 0 Å². The van der Waals surface area contributed by atoms with Gasteiger partial charge in [-0.3, -0.25) is 9.69 Å². The SMILES string of the molecule is C=CCOc1ccccc1CN(C(=O)CN(C)Cc1cc(C)on1)c1ccc2c(c1)OCO2. The van der Waals surface area contributed by atoms with Crippen molar-refractivity contribution in [1.82, 2.24) is 10.1 Å². The van der Waals surface area contributed by atoms with Gasteiger partial charge in [-0.05, 0) is 32.2 Å². The van der Waals surface area contributed by atoms with Crippen LogP contribution in [0.15, 0.2) is 65.7 Å². The van der Waals surface area contributed by atoms with Gasteiger partial charge in [0.15, 0.2) is 11.5 Å². The third-order valence-corrected chi connectivity index (χ3v) is 5.14. The van der Waals surface area contributed by atoms with Gasteiger partial charge in [0.25, 0.3) is 0 Å². The highest BCUT2D eigenvalue weighted by atomic mass is 16.7. The molecule has 0 fully saturated rings. The molecule has 0 bridgehead atoms. The lowest BCUT2D eigenvalue weighted by Gasteiger charge is -2.26. The van der Waals surface area contributed by atoms with Crippen LogP contribution in [0.5, 0.6) is 17.2 Å². The van der Waals surface area contributed by atoms with Crippen LogP contribution >= 0.6 is 0 Å². The number of likely N-dealkylation sites (N-methyl/N-ethyl adjacent to an activating group) is 1. The molecule has 4 rings (SSSR count). The molecule has 1 aliphatic rings. The van der Waals surface area contributed by atoms with Gasteiger partial charge in [0, 0.05) is 29.9 Å². The topological polar surface area (TPSA) is 77.3 Å². The van der Waals surface area contributed by atoms with Crippen molar-refractivity contribution in [3.8, 4) is 17.2 Å².